The number of rotatable bonds is 5. The Kier molecular flexibility index (Phi) is 5.27. The molecule has 0 aliphatic heterocycles. The predicted octanol–water partition coefficient (Wildman–Crippen LogP) is 4.71. The monoisotopic (exact) mass is 304 g/mol. The molecular formula is C18H21ClO2. The van der Waals surface area contributed by atoms with Crippen LogP contribution in [0.5, 0.6) is 5.75 Å². The van der Waals surface area contributed by atoms with Gasteiger partial charge in [-0.2, -0.15) is 0 Å². The minimum Gasteiger partial charge on any atom is -0.491 e. The third-order valence-electron chi connectivity index (χ3n) is 3.24. The minimum absolute atomic E-state index is 0.115. The highest BCUT2D eigenvalue weighted by Gasteiger charge is 2.12. The summed E-state index contributed by atoms with van der Waals surface area (Å²) in [5.74, 6) is 0.775. The highest BCUT2D eigenvalue weighted by molar-refractivity contribution is 6.31. The molecule has 112 valence electrons. The molecule has 1 N–H and O–H groups in total. The molecule has 0 amide bonds. The molecule has 0 aliphatic rings. The summed E-state index contributed by atoms with van der Waals surface area (Å²) in [5.41, 5.74) is 2.90. The van der Waals surface area contributed by atoms with Gasteiger partial charge in [0.2, 0.25) is 0 Å². The van der Waals surface area contributed by atoms with Crippen molar-refractivity contribution in [3.8, 4) is 5.75 Å². The number of hydrogen-bond acceptors (Lipinski definition) is 2. The second kappa shape index (κ2) is 6.97. The maximum Gasteiger partial charge on any atom is 0.120 e. The highest BCUT2D eigenvalue weighted by atomic mass is 35.5. The van der Waals surface area contributed by atoms with Crippen molar-refractivity contribution in [2.75, 3.05) is 0 Å². The topological polar surface area (TPSA) is 29.5 Å². The average Bonchev–Trinajstić information content (AvgIpc) is 2.41. The molecule has 0 heterocycles. The summed E-state index contributed by atoms with van der Waals surface area (Å²) in [5, 5.41) is 11.1. The normalized spacial score (nSPS) is 12.5. The van der Waals surface area contributed by atoms with Gasteiger partial charge < -0.3 is 9.84 Å². The molecule has 0 bridgehead atoms. The van der Waals surface area contributed by atoms with E-state index in [0.717, 1.165) is 22.4 Å². The fourth-order valence-electron chi connectivity index (χ4n) is 2.21. The number of aliphatic hydroxyl groups excluding tert-OH is 1. The average molecular weight is 305 g/mol. The van der Waals surface area contributed by atoms with Gasteiger partial charge in [-0.25, -0.2) is 0 Å². The van der Waals surface area contributed by atoms with Crippen LogP contribution in [0.25, 0.3) is 0 Å². The van der Waals surface area contributed by atoms with Gasteiger partial charge >= 0.3 is 0 Å². The molecule has 0 saturated carbocycles. The van der Waals surface area contributed by atoms with Crippen LogP contribution in [-0.2, 0) is 6.42 Å². The van der Waals surface area contributed by atoms with E-state index < -0.39 is 6.10 Å². The quantitative estimate of drug-likeness (QED) is 0.866. The molecule has 0 aliphatic carbocycles. The Bertz CT molecular complexity index is 608. The van der Waals surface area contributed by atoms with Crippen LogP contribution in [0.1, 0.15) is 36.6 Å². The fraction of sp³-hybridized carbons (Fsp3) is 0.333. The number of aryl methyl sites for hydroxylation is 1. The molecule has 2 nitrogen and oxygen atoms in total. The highest BCUT2D eigenvalue weighted by Crippen LogP contribution is 2.26. The molecule has 1 atom stereocenters. The Morgan fingerprint density at radius 1 is 1.14 bits per heavy atom. The number of hydrogen-bond donors (Lipinski definition) is 1. The maximum absolute atomic E-state index is 10.4. The van der Waals surface area contributed by atoms with Gasteiger partial charge in [0, 0.05) is 11.4 Å². The zero-order valence-electron chi connectivity index (χ0n) is 12.6. The third kappa shape index (κ3) is 4.48. The Hall–Kier alpha value is -1.51. The van der Waals surface area contributed by atoms with Crippen molar-refractivity contribution >= 4 is 11.6 Å². The van der Waals surface area contributed by atoms with Crippen molar-refractivity contribution in [3.63, 3.8) is 0 Å². The number of aliphatic hydroxyl groups is 1. The molecule has 2 aromatic carbocycles. The molecule has 0 saturated heterocycles. The maximum atomic E-state index is 10.4. The molecule has 0 aromatic heterocycles. The summed E-state index contributed by atoms with van der Waals surface area (Å²) in [7, 11) is 0. The first-order valence-electron chi connectivity index (χ1n) is 7.15. The van der Waals surface area contributed by atoms with Crippen LogP contribution in [0, 0.1) is 6.92 Å². The zero-order valence-corrected chi connectivity index (χ0v) is 13.4. The standard InChI is InChI=1S/C18H21ClO2/c1-12(2)21-16-6-4-5-15(10-16)18(20)11-14-8-7-13(3)9-17(14)19/h4-10,12,18,20H,11H2,1-3H3. The van der Waals surface area contributed by atoms with Crippen molar-refractivity contribution in [2.45, 2.75) is 39.4 Å². The lowest BCUT2D eigenvalue weighted by Gasteiger charge is -2.15. The first-order chi connectivity index (χ1) is 9.95. The molecule has 21 heavy (non-hydrogen) atoms. The molecule has 2 aromatic rings. The van der Waals surface area contributed by atoms with Crippen LogP contribution >= 0.6 is 11.6 Å². The Labute approximate surface area is 131 Å². The molecule has 0 spiro atoms. The smallest absolute Gasteiger partial charge is 0.120 e. The summed E-state index contributed by atoms with van der Waals surface area (Å²) in [6.07, 6.45) is 0.00871. The lowest BCUT2D eigenvalue weighted by molar-refractivity contribution is 0.177. The van der Waals surface area contributed by atoms with E-state index in [4.69, 9.17) is 16.3 Å². The van der Waals surface area contributed by atoms with Gasteiger partial charge in [0.15, 0.2) is 0 Å². The lowest BCUT2D eigenvalue weighted by atomic mass is 10.0. The van der Waals surface area contributed by atoms with E-state index in [0.29, 0.717) is 11.4 Å². The van der Waals surface area contributed by atoms with Crippen LogP contribution in [0.4, 0.5) is 0 Å². The van der Waals surface area contributed by atoms with Crippen molar-refractivity contribution in [1.29, 1.82) is 0 Å². The van der Waals surface area contributed by atoms with Crippen molar-refractivity contribution in [3.05, 3.63) is 64.2 Å². The van der Waals surface area contributed by atoms with Crippen molar-refractivity contribution in [2.24, 2.45) is 0 Å². The number of halogens is 1. The van der Waals surface area contributed by atoms with E-state index in [9.17, 15) is 5.11 Å². The SMILES string of the molecule is Cc1ccc(CC(O)c2cccc(OC(C)C)c2)c(Cl)c1. The summed E-state index contributed by atoms with van der Waals surface area (Å²) >= 11 is 6.23. The largest absolute Gasteiger partial charge is 0.491 e. The number of ether oxygens (including phenoxy) is 1. The van der Waals surface area contributed by atoms with Gasteiger partial charge in [0.25, 0.3) is 0 Å². The van der Waals surface area contributed by atoms with E-state index in [1.165, 1.54) is 0 Å². The Morgan fingerprint density at radius 2 is 1.90 bits per heavy atom. The molecule has 2 rings (SSSR count). The van der Waals surface area contributed by atoms with Crippen LogP contribution in [-0.4, -0.2) is 11.2 Å². The second-order valence-electron chi connectivity index (χ2n) is 5.55. The van der Waals surface area contributed by atoms with Crippen molar-refractivity contribution < 1.29 is 9.84 Å². The van der Waals surface area contributed by atoms with Gasteiger partial charge in [0.1, 0.15) is 5.75 Å². The lowest BCUT2D eigenvalue weighted by Crippen LogP contribution is -2.07. The van der Waals surface area contributed by atoms with Crippen molar-refractivity contribution in [1.82, 2.24) is 0 Å². The molecule has 1 unspecified atom stereocenters. The summed E-state index contributed by atoms with van der Waals surface area (Å²) in [6, 6.07) is 13.5. The molecular weight excluding hydrogens is 284 g/mol. The van der Waals surface area contributed by atoms with Gasteiger partial charge in [-0.3, -0.25) is 0 Å². The van der Waals surface area contributed by atoms with Gasteiger partial charge in [-0.1, -0.05) is 35.9 Å². The first kappa shape index (κ1) is 15.9. The van der Waals surface area contributed by atoms with Crippen LogP contribution in [0.2, 0.25) is 5.02 Å². The third-order valence-corrected chi connectivity index (χ3v) is 3.59. The van der Waals surface area contributed by atoms with E-state index in [1.54, 1.807) is 0 Å². The van der Waals surface area contributed by atoms with Crippen LogP contribution in [0.3, 0.4) is 0 Å². The molecule has 0 radical (unpaired) electrons. The fourth-order valence-corrected chi connectivity index (χ4v) is 2.52. The van der Waals surface area contributed by atoms with Gasteiger partial charge in [0.05, 0.1) is 12.2 Å². The van der Waals surface area contributed by atoms with Gasteiger partial charge in [-0.15, -0.1) is 0 Å². The van der Waals surface area contributed by atoms with E-state index in [-0.39, 0.29) is 6.10 Å². The van der Waals surface area contributed by atoms with E-state index >= 15 is 0 Å². The molecule has 3 heteroatoms. The predicted molar refractivity (Wildman–Crippen MR) is 87.1 cm³/mol. The summed E-state index contributed by atoms with van der Waals surface area (Å²) < 4.78 is 5.66. The zero-order chi connectivity index (χ0) is 15.4. The molecule has 0 fully saturated rings. The van der Waals surface area contributed by atoms with E-state index in [2.05, 4.69) is 0 Å². The summed E-state index contributed by atoms with van der Waals surface area (Å²) in [6.45, 7) is 5.96. The first-order valence-corrected chi connectivity index (χ1v) is 7.53. The van der Waals surface area contributed by atoms with Crippen LogP contribution < -0.4 is 4.74 Å². The number of benzene rings is 2. The second-order valence-corrected chi connectivity index (χ2v) is 5.96. The van der Waals surface area contributed by atoms with Gasteiger partial charge in [-0.05, 0) is 55.7 Å². The Balaban J connectivity index is 2.14. The van der Waals surface area contributed by atoms with Crippen LogP contribution in [0.15, 0.2) is 42.5 Å². The minimum atomic E-state index is -0.596. The summed E-state index contributed by atoms with van der Waals surface area (Å²) in [4.78, 5) is 0. The Morgan fingerprint density at radius 3 is 2.57 bits per heavy atom. The van der Waals surface area contributed by atoms with E-state index in [1.807, 2.05) is 63.2 Å².